The molecule has 2 aromatic rings. The summed E-state index contributed by atoms with van der Waals surface area (Å²) >= 11 is 5.60. The molecule has 0 radical (unpaired) electrons. The zero-order valence-electron chi connectivity index (χ0n) is 13.5. The molecule has 0 saturated heterocycles. The van der Waals surface area contributed by atoms with Crippen LogP contribution in [0, 0.1) is 10.1 Å². The standard InChI is InChI=1S/C15H13ClF3N3O4S/c16-12-8-13(14(22(23)24)7-11(12)15(17,18)19)21-6-5-9-1-3-10(4-2-9)27(20,25)26/h1-4,7-8,21H,5-6H2,(H2,20,25,26). The van der Waals surface area contributed by atoms with Crippen molar-refractivity contribution in [3.63, 3.8) is 0 Å². The first kappa shape index (κ1) is 20.9. The smallest absolute Gasteiger partial charge is 0.379 e. The van der Waals surface area contributed by atoms with Gasteiger partial charge in [0.25, 0.3) is 5.69 Å². The minimum Gasteiger partial charge on any atom is -0.379 e. The van der Waals surface area contributed by atoms with Crippen molar-refractivity contribution in [2.24, 2.45) is 5.14 Å². The van der Waals surface area contributed by atoms with E-state index < -0.39 is 37.4 Å². The molecule has 12 heteroatoms. The molecule has 0 amide bonds. The normalized spacial score (nSPS) is 12.0. The first-order valence-electron chi connectivity index (χ1n) is 7.30. The maximum absolute atomic E-state index is 12.8. The molecular weight excluding hydrogens is 411 g/mol. The quantitative estimate of drug-likeness (QED) is 0.544. The van der Waals surface area contributed by atoms with E-state index in [1.807, 2.05) is 0 Å². The van der Waals surface area contributed by atoms with Gasteiger partial charge < -0.3 is 5.32 Å². The number of hydrogen-bond acceptors (Lipinski definition) is 5. The third kappa shape index (κ3) is 5.31. The van der Waals surface area contributed by atoms with Crippen molar-refractivity contribution in [1.29, 1.82) is 0 Å². The highest BCUT2D eigenvalue weighted by molar-refractivity contribution is 7.89. The number of anilines is 1. The van der Waals surface area contributed by atoms with Gasteiger partial charge in [0.2, 0.25) is 10.0 Å². The van der Waals surface area contributed by atoms with Gasteiger partial charge >= 0.3 is 6.18 Å². The molecule has 0 aromatic heterocycles. The Kier molecular flexibility index (Phi) is 5.97. The highest BCUT2D eigenvalue weighted by Crippen LogP contribution is 2.40. The Hall–Kier alpha value is -2.37. The second kappa shape index (κ2) is 7.71. The third-order valence-corrected chi connectivity index (χ3v) is 4.81. The number of nitrogens with one attached hydrogen (secondary N) is 1. The molecule has 0 aliphatic rings. The average molecular weight is 424 g/mol. The molecule has 0 heterocycles. The lowest BCUT2D eigenvalue weighted by atomic mass is 10.1. The Labute approximate surface area is 157 Å². The van der Waals surface area contributed by atoms with Crippen molar-refractivity contribution < 1.29 is 26.5 Å². The number of rotatable bonds is 6. The van der Waals surface area contributed by atoms with Crippen LogP contribution in [0.2, 0.25) is 5.02 Å². The highest BCUT2D eigenvalue weighted by Gasteiger charge is 2.36. The largest absolute Gasteiger partial charge is 0.418 e. The van der Waals surface area contributed by atoms with Crippen LogP contribution in [0.25, 0.3) is 0 Å². The van der Waals surface area contributed by atoms with Crippen LogP contribution in [0.4, 0.5) is 24.5 Å². The summed E-state index contributed by atoms with van der Waals surface area (Å²) in [6.07, 6.45) is -4.49. The number of nitro groups is 1. The van der Waals surface area contributed by atoms with Crippen LogP contribution in [0.15, 0.2) is 41.3 Å². The van der Waals surface area contributed by atoms with E-state index in [0.717, 1.165) is 6.07 Å². The van der Waals surface area contributed by atoms with Crippen LogP contribution in [0.5, 0.6) is 0 Å². The van der Waals surface area contributed by atoms with E-state index in [1.165, 1.54) is 24.3 Å². The molecule has 2 aromatic carbocycles. The number of hydrogen-bond donors (Lipinski definition) is 2. The van der Waals surface area contributed by atoms with Gasteiger partial charge in [0.15, 0.2) is 0 Å². The monoisotopic (exact) mass is 423 g/mol. The second-order valence-electron chi connectivity index (χ2n) is 5.47. The zero-order chi connectivity index (χ0) is 20.4. The summed E-state index contributed by atoms with van der Waals surface area (Å²) < 4.78 is 60.9. The van der Waals surface area contributed by atoms with Crippen molar-refractivity contribution in [2.75, 3.05) is 11.9 Å². The summed E-state index contributed by atoms with van der Waals surface area (Å²) in [7, 11) is -3.82. The van der Waals surface area contributed by atoms with Crippen molar-refractivity contribution in [1.82, 2.24) is 0 Å². The molecular formula is C15H13ClF3N3O4S. The summed E-state index contributed by atoms with van der Waals surface area (Å²) in [4.78, 5) is 10.1. The molecule has 3 N–H and O–H groups in total. The molecule has 2 rings (SSSR count). The molecule has 27 heavy (non-hydrogen) atoms. The van der Waals surface area contributed by atoms with Crippen LogP contribution < -0.4 is 10.5 Å². The number of primary sulfonamides is 1. The molecule has 0 unspecified atom stereocenters. The predicted octanol–water partition coefficient (Wildman–Crippen LogP) is 3.57. The van der Waals surface area contributed by atoms with E-state index >= 15 is 0 Å². The van der Waals surface area contributed by atoms with Crippen LogP contribution >= 0.6 is 11.6 Å². The van der Waals surface area contributed by atoms with E-state index in [9.17, 15) is 31.7 Å². The Balaban J connectivity index is 2.16. The van der Waals surface area contributed by atoms with Gasteiger partial charge in [-0.1, -0.05) is 23.7 Å². The van der Waals surface area contributed by atoms with Crippen molar-refractivity contribution in [3.05, 3.63) is 62.7 Å². The van der Waals surface area contributed by atoms with E-state index in [2.05, 4.69) is 5.32 Å². The van der Waals surface area contributed by atoms with Gasteiger partial charge in [0, 0.05) is 12.6 Å². The Bertz CT molecular complexity index is 964. The minimum absolute atomic E-state index is 0.0654. The highest BCUT2D eigenvalue weighted by atomic mass is 35.5. The van der Waals surface area contributed by atoms with Crippen molar-refractivity contribution in [2.45, 2.75) is 17.5 Å². The van der Waals surface area contributed by atoms with Crippen LogP contribution in [-0.4, -0.2) is 19.9 Å². The fourth-order valence-electron chi connectivity index (χ4n) is 2.26. The van der Waals surface area contributed by atoms with Crippen molar-refractivity contribution in [3.8, 4) is 0 Å². The minimum atomic E-state index is -4.81. The maximum atomic E-state index is 12.8. The molecule has 0 saturated carbocycles. The third-order valence-electron chi connectivity index (χ3n) is 3.57. The molecule has 0 atom stereocenters. The number of alkyl halides is 3. The Morgan fingerprint density at radius 2 is 1.78 bits per heavy atom. The van der Waals surface area contributed by atoms with Gasteiger partial charge in [-0.05, 0) is 30.2 Å². The first-order chi connectivity index (χ1) is 12.4. The molecule has 0 spiro atoms. The molecule has 0 fully saturated rings. The van der Waals surface area contributed by atoms with Gasteiger partial charge in [-0.3, -0.25) is 10.1 Å². The number of sulfonamides is 1. The summed E-state index contributed by atoms with van der Waals surface area (Å²) in [5, 5.41) is 18.1. The fourth-order valence-corrected chi connectivity index (χ4v) is 3.05. The molecule has 0 aliphatic heterocycles. The Morgan fingerprint density at radius 3 is 2.26 bits per heavy atom. The zero-order valence-corrected chi connectivity index (χ0v) is 15.0. The first-order valence-corrected chi connectivity index (χ1v) is 9.23. The van der Waals surface area contributed by atoms with E-state index in [-0.39, 0.29) is 17.1 Å². The van der Waals surface area contributed by atoms with Gasteiger partial charge in [-0.25, -0.2) is 13.6 Å². The van der Waals surface area contributed by atoms with E-state index in [4.69, 9.17) is 16.7 Å². The predicted molar refractivity (Wildman–Crippen MR) is 93.1 cm³/mol. The van der Waals surface area contributed by atoms with Crippen molar-refractivity contribution >= 4 is 33.0 Å². The molecule has 0 bridgehead atoms. The molecule has 0 aliphatic carbocycles. The number of halogens is 4. The van der Waals surface area contributed by atoms with Crippen LogP contribution in [0.3, 0.4) is 0 Å². The topological polar surface area (TPSA) is 115 Å². The average Bonchev–Trinajstić information content (AvgIpc) is 2.53. The molecule has 146 valence electrons. The lowest BCUT2D eigenvalue weighted by molar-refractivity contribution is -0.384. The number of nitrogens with two attached hydrogens (primary N) is 1. The summed E-state index contributed by atoms with van der Waals surface area (Å²) in [6.45, 7) is 0.136. The lowest BCUT2D eigenvalue weighted by Gasteiger charge is -2.12. The SMILES string of the molecule is NS(=O)(=O)c1ccc(CCNc2cc(Cl)c(C(F)(F)F)cc2[N+](=O)[O-])cc1. The van der Waals surface area contributed by atoms with Gasteiger partial charge in [0.05, 0.1) is 20.4 Å². The summed E-state index contributed by atoms with van der Waals surface area (Å²) in [5.41, 5.74) is -1.51. The Morgan fingerprint density at radius 1 is 1.19 bits per heavy atom. The number of nitro benzene ring substituents is 1. The lowest BCUT2D eigenvalue weighted by Crippen LogP contribution is -2.12. The van der Waals surface area contributed by atoms with Gasteiger partial charge in [-0.15, -0.1) is 0 Å². The van der Waals surface area contributed by atoms with Crippen LogP contribution in [-0.2, 0) is 22.6 Å². The second-order valence-corrected chi connectivity index (χ2v) is 7.44. The summed E-state index contributed by atoms with van der Waals surface area (Å²) in [5.74, 6) is 0. The molecule has 7 nitrogen and oxygen atoms in total. The fraction of sp³-hybridized carbons (Fsp3) is 0.200. The van der Waals surface area contributed by atoms with Crippen LogP contribution in [0.1, 0.15) is 11.1 Å². The summed E-state index contributed by atoms with van der Waals surface area (Å²) in [6, 6.07) is 6.87. The van der Waals surface area contributed by atoms with Gasteiger partial charge in [-0.2, -0.15) is 13.2 Å². The number of nitrogens with zero attached hydrogens (tertiary/aromatic N) is 1. The maximum Gasteiger partial charge on any atom is 0.418 e. The van der Waals surface area contributed by atoms with E-state index in [1.54, 1.807) is 0 Å². The van der Waals surface area contributed by atoms with E-state index in [0.29, 0.717) is 18.1 Å². The van der Waals surface area contributed by atoms with Gasteiger partial charge in [0.1, 0.15) is 5.69 Å². The number of benzene rings is 2.